The van der Waals surface area contributed by atoms with Gasteiger partial charge in [-0.25, -0.2) is 19.3 Å². The molecule has 0 fully saturated rings. The van der Waals surface area contributed by atoms with Crippen LogP contribution in [0.2, 0.25) is 5.15 Å². The number of nitrogens with zero attached hydrogens (tertiary/aromatic N) is 3. The quantitative estimate of drug-likeness (QED) is 0.259. The summed E-state index contributed by atoms with van der Waals surface area (Å²) in [6.07, 6.45) is 7.98. The molecule has 0 aliphatic carbocycles. The van der Waals surface area contributed by atoms with Crippen molar-refractivity contribution in [3.05, 3.63) is 78.7 Å². The number of rotatable bonds is 8. The first-order valence-electron chi connectivity index (χ1n) is 8.61. The van der Waals surface area contributed by atoms with Crippen LogP contribution in [0.3, 0.4) is 0 Å². The molecule has 0 unspecified atom stereocenters. The second kappa shape index (κ2) is 9.54. The largest absolute Gasteiger partial charge is 0.365 e. The van der Waals surface area contributed by atoms with Crippen LogP contribution in [-0.2, 0) is 0 Å². The molecule has 0 atom stereocenters. The van der Waals surface area contributed by atoms with Gasteiger partial charge in [0, 0.05) is 29.9 Å². The van der Waals surface area contributed by atoms with Crippen LogP contribution in [0.1, 0.15) is 0 Å². The van der Waals surface area contributed by atoms with Crippen molar-refractivity contribution in [3.8, 4) is 11.1 Å². The molecule has 0 bridgehead atoms. The Labute approximate surface area is 178 Å². The molecule has 148 valence electrons. The van der Waals surface area contributed by atoms with Gasteiger partial charge >= 0.3 is 0 Å². The van der Waals surface area contributed by atoms with Crippen molar-refractivity contribution < 1.29 is 4.39 Å². The Hall–Kier alpha value is -2.90. The normalized spacial score (nSPS) is 11.0. The minimum atomic E-state index is -0.518. The molecule has 0 aliphatic heterocycles. The molecule has 1 aromatic carbocycles. The Morgan fingerprint density at radius 1 is 1.17 bits per heavy atom. The van der Waals surface area contributed by atoms with E-state index < -0.39 is 5.83 Å². The molecule has 0 saturated carbocycles. The molecule has 3 rings (SSSR count). The summed E-state index contributed by atoms with van der Waals surface area (Å²) in [4.78, 5) is 12.9. The van der Waals surface area contributed by atoms with E-state index >= 15 is 0 Å². The van der Waals surface area contributed by atoms with Crippen LogP contribution in [0, 0.1) is 0 Å². The molecule has 0 amide bonds. The number of fused-ring (bicyclic) bond motifs is 1. The number of nitrogens with one attached hydrogen (secondary N) is 2. The average Bonchev–Trinajstić information content (AvgIpc) is 2.72. The number of hydrogen-bond acceptors (Lipinski definition) is 6. The van der Waals surface area contributed by atoms with Crippen molar-refractivity contribution in [2.24, 2.45) is 0 Å². The summed E-state index contributed by atoms with van der Waals surface area (Å²) >= 11 is 7.58. The zero-order chi connectivity index (χ0) is 20.8. The Kier molecular flexibility index (Phi) is 6.85. The topological polar surface area (TPSA) is 62.7 Å². The van der Waals surface area contributed by atoms with Crippen molar-refractivity contribution in [1.82, 2.24) is 15.0 Å². The Morgan fingerprint density at radius 3 is 2.76 bits per heavy atom. The lowest BCUT2D eigenvalue weighted by molar-refractivity contribution is 0.671. The molecule has 3 aromatic rings. The minimum absolute atomic E-state index is 0.407. The maximum Gasteiger partial charge on any atom is 0.152 e. The van der Waals surface area contributed by atoms with Gasteiger partial charge in [-0.15, -0.1) is 0 Å². The Balaban J connectivity index is 1.91. The summed E-state index contributed by atoms with van der Waals surface area (Å²) in [5, 5.41) is 4.49. The summed E-state index contributed by atoms with van der Waals surface area (Å²) in [5.74, 6) is 0.144. The molecule has 29 heavy (non-hydrogen) atoms. The van der Waals surface area contributed by atoms with Crippen LogP contribution in [0.5, 0.6) is 0 Å². The number of hydrogen-bond donors (Lipinski definition) is 2. The third kappa shape index (κ3) is 5.34. The summed E-state index contributed by atoms with van der Waals surface area (Å²) in [7, 11) is 0. The van der Waals surface area contributed by atoms with Crippen LogP contribution in [-0.4, -0.2) is 27.8 Å². The second-order valence-corrected chi connectivity index (χ2v) is 7.09. The van der Waals surface area contributed by atoms with Gasteiger partial charge < -0.3 is 10.0 Å². The average molecular weight is 428 g/mol. The van der Waals surface area contributed by atoms with Crippen molar-refractivity contribution in [1.29, 1.82) is 0 Å². The van der Waals surface area contributed by atoms with Crippen molar-refractivity contribution in [2.75, 3.05) is 22.8 Å². The van der Waals surface area contributed by atoms with Crippen LogP contribution >= 0.6 is 23.5 Å². The summed E-state index contributed by atoms with van der Waals surface area (Å²) in [6, 6.07) is 7.84. The first-order valence-corrected chi connectivity index (χ1v) is 10.2. The third-order valence-electron chi connectivity index (χ3n) is 4.00. The lowest BCUT2D eigenvalue weighted by Gasteiger charge is -2.11. The first kappa shape index (κ1) is 20.8. The third-order valence-corrected chi connectivity index (χ3v) is 4.73. The molecule has 5 nitrogen and oxygen atoms in total. The van der Waals surface area contributed by atoms with Crippen molar-refractivity contribution in [3.63, 3.8) is 0 Å². The number of benzene rings is 1. The van der Waals surface area contributed by atoms with E-state index in [1.165, 1.54) is 24.4 Å². The van der Waals surface area contributed by atoms with E-state index in [9.17, 15) is 4.39 Å². The molecule has 2 heterocycles. The molecule has 2 aromatic heterocycles. The highest BCUT2D eigenvalue weighted by molar-refractivity contribution is 7.99. The fraction of sp³-hybridized carbons (Fsp3) is 0.0952. The van der Waals surface area contributed by atoms with Gasteiger partial charge in [-0.2, -0.15) is 0 Å². The van der Waals surface area contributed by atoms with Gasteiger partial charge in [-0.05, 0) is 35.4 Å². The zero-order valence-corrected chi connectivity index (χ0v) is 17.3. The predicted octanol–water partition coefficient (Wildman–Crippen LogP) is 6.04. The van der Waals surface area contributed by atoms with Crippen molar-refractivity contribution in [2.45, 2.75) is 0 Å². The van der Waals surface area contributed by atoms with Gasteiger partial charge in [-0.3, -0.25) is 0 Å². The number of anilines is 2. The van der Waals surface area contributed by atoms with E-state index in [0.717, 1.165) is 27.7 Å². The summed E-state index contributed by atoms with van der Waals surface area (Å²) in [5.41, 5.74) is 4.11. The Bertz CT molecular complexity index is 1100. The fourth-order valence-corrected chi connectivity index (χ4v) is 3.21. The highest BCUT2D eigenvalue weighted by Crippen LogP contribution is 2.31. The molecule has 0 spiro atoms. The lowest BCUT2D eigenvalue weighted by atomic mass is 10.0. The molecule has 0 radical (unpaired) electrons. The van der Waals surface area contributed by atoms with Gasteiger partial charge in [0.05, 0.1) is 11.2 Å². The van der Waals surface area contributed by atoms with E-state index in [0.29, 0.717) is 23.1 Å². The van der Waals surface area contributed by atoms with E-state index in [1.807, 2.05) is 30.5 Å². The van der Waals surface area contributed by atoms with Gasteiger partial charge in [0.1, 0.15) is 18.0 Å². The molecule has 2 N–H and O–H groups in total. The number of allylic oxidation sites excluding steroid dienone is 2. The van der Waals surface area contributed by atoms with Crippen LogP contribution in [0.15, 0.2) is 73.5 Å². The molecule has 8 heteroatoms. The highest BCUT2D eigenvalue weighted by Gasteiger charge is 2.09. The van der Waals surface area contributed by atoms with Crippen LogP contribution in [0.25, 0.3) is 22.0 Å². The maximum atomic E-state index is 12.8. The van der Waals surface area contributed by atoms with Crippen LogP contribution in [0.4, 0.5) is 15.9 Å². The van der Waals surface area contributed by atoms with Gasteiger partial charge in [-0.1, -0.05) is 48.8 Å². The monoisotopic (exact) mass is 427 g/mol. The molecular formula is C21H19ClFN5S. The van der Waals surface area contributed by atoms with E-state index in [1.54, 1.807) is 12.3 Å². The van der Waals surface area contributed by atoms with Crippen molar-refractivity contribution >= 4 is 46.0 Å². The fourth-order valence-electron chi connectivity index (χ4n) is 2.63. The van der Waals surface area contributed by atoms with Gasteiger partial charge in [0.2, 0.25) is 0 Å². The molecule has 0 aliphatic rings. The smallest absolute Gasteiger partial charge is 0.152 e. The molecular weight excluding hydrogens is 409 g/mol. The second-order valence-electron chi connectivity index (χ2n) is 6.11. The highest BCUT2D eigenvalue weighted by atomic mass is 35.5. The number of aromatic nitrogens is 3. The maximum absolute atomic E-state index is 12.8. The van der Waals surface area contributed by atoms with Gasteiger partial charge in [0.25, 0.3) is 0 Å². The van der Waals surface area contributed by atoms with Crippen LogP contribution < -0.4 is 10.0 Å². The van der Waals surface area contributed by atoms with Gasteiger partial charge in [0.15, 0.2) is 5.15 Å². The first-order chi connectivity index (χ1) is 14.0. The number of pyridine rings is 1. The van der Waals surface area contributed by atoms with E-state index in [2.05, 4.69) is 38.1 Å². The minimum Gasteiger partial charge on any atom is -0.365 e. The SMILES string of the molecule is C=C(F)/C=C\C(=C)CNc1ncnc2ccc(-c3cnc(Cl)c(NSC)c3)cc12. The summed E-state index contributed by atoms with van der Waals surface area (Å²) in [6.45, 7) is 7.49. The standard InChI is InChI=1S/C21H19ClFN5S/c1-13(4-5-14(2)23)10-25-21-17-8-15(6-7-18(17)26-12-27-21)16-9-19(28-29-3)20(22)24-11-16/h4-9,11-12,28H,1-2,10H2,3H3,(H,25,26,27)/b5-4-. The summed E-state index contributed by atoms with van der Waals surface area (Å²) < 4.78 is 15.9. The predicted molar refractivity (Wildman–Crippen MR) is 122 cm³/mol. The lowest BCUT2D eigenvalue weighted by Crippen LogP contribution is -2.05. The van der Waals surface area contributed by atoms with E-state index in [4.69, 9.17) is 11.6 Å². The van der Waals surface area contributed by atoms with E-state index in [-0.39, 0.29) is 0 Å². The Morgan fingerprint density at radius 2 is 2.00 bits per heavy atom. The number of halogens is 2. The molecule has 0 saturated heterocycles. The zero-order valence-electron chi connectivity index (χ0n) is 15.7.